The van der Waals surface area contributed by atoms with Crippen molar-refractivity contribution in [2.75, 3.05) is 7.11 Å². The second kappa shape index (κ2) is 5.83. The largest absolute Gasteiger partial charge is 0.467 e. The maximum Gasteiger partial charge on any atom is 0.338 e. The first-order chi connectivity index (χ1) is 9.34. The monoisotopic (exact) mass is 316 g/mol. The number of esters is 1. The Hall–Kier alpha value is -0.693. The smallest absolute Gasteiger partial charge is 0.338 e. The lowest BCUT2D eigenvalue weighted by atomic mass is 9.79. The van der Waals surface area contributed by atoms with E-state index in [4.69, 9.17) is 4.43 Å². The molecule has 0 aromatic rings. The molecular weight excluding hydrogens is 288 g/mol. The summed E-state index contributed by atoms with van der Waals surface area (Å²) in [6.07, 6.45) is -1.55. The predicted molar refractivity (Wildman–Crippen MR) is 83.4 cm³/mol. The van der Waals surface area contributed by atoms with E-state index < -0.39 is 32.1 Å². The normalized spacial score (nSPS) is 31.1. The van der Waals surface area contributed by atoms with E-state index in [2.05, 4.69) is 45.2 Å². The average Bonchev–Trinajstić information content (AvgIpc) is 2.32. The first-order valence-electron chi connectivity index (χ1n) is 7.19. The van der Waals surface area contributed by atoms with Gasteiger partial charge in [0.05, 0.1) is 19.3 Å². The molecular formula is C15H28O5Si. The molecule has 0 bridgehead atoms. The fourth-order valence-electron chi connectivity index (χ4n) is 2.19. The number of carbonyl (C=O) groups is 1. The van der Waals surface area contributed by atoms with Gasteiger partial charge < -0.3 is 19.4 Å². The van der Waals surface area contributed by atoms with Crippen molar-refractivity contribution < 1.29 is 24.2 Å². The molecule has 1 unspecified atom stereocenters. The quantitative estimate of drug-likeness (QED) is 0.473. The Morgan fingerprint density at radius 3 is 2.33 bits per heavy atom. The Morgan fingerprint density at radius 2 is 1.90 bits per heavy atom. The topological polar surface area (TPSA) is 76.0 Å². The van der Waals surface area contributed by atoms with Gasteiger partial charge in [-0.1, -0.05) is 27.4 Å². The minimum atomic E-state index is -2.11. The minimum absolute atomic E-state index is 0.0148. The number of methoxy groups -OCH3 is 1. The molecule has 2 N–H and O–H groups in total. The third-order valence-electron chi connectivity index (χ3n) is 4.70. The van der Waals surface area contributed by atoms with Crippen molar-refractivity contribution in [3.8, 4) is 0 Å². The van der Waals surface area contributed by atoms with E-state index in [1.165, 1.54) is 7.11 Å². The fourth-order valence-corrected chi connectivity index (χ4v) is 3.49. The van der Waals surface area contributed by atoms with Crippen LogP contribution in [0.5, 0.6) is 0 Å². The summed E-state index contributed by atoms with van der Waals surface area (Å²) in [6, 6.07) is 0. The summed E-state index contributed by atoms with van der Waals surface area (Å²) in [5, 5.41) is 20.5. The molecule has 3 atom stereocenters. The predicted octanol–water partition coefficient (Wildman–Crippen LogP) is 1.99. The molecule has 6 heteroatoms. The van der Waals surface area contributed by atoms with Gasteiger partial charge in [0.1, 0.15) is 0 Å². The summed E-state index contributed by atoms with van der Waals surface area (Å²) in [5.41, 5.74) is -1.20. The Morgan fingerprint density at radius 1 is 1.38 bits per heavy atom. The minimum Gasteiger partial charge on any atom is -0.467 e. The molecule has 0 radical (unpaired) electrons. The molecule has 1 aliphatic rings. The van der Waals surface area contributed by atoms with Crippen molar-refractivity contribution in [1.82, 2.24) is 0 Å². The number of aliphatic hydroxyl groups excluding tert-OH is 1. The third kappa shape index (κ3) is 3.74. The van der Waals surface area contributed by atoms with Crippen LogP contribution in [0.25, 0.3) is 0 Å². The summed E-state index contributed by atoms with van der Waals surface area (Å²) >= 11 is 0. The van der Waals surface area contributed by atoms with Crippen LogP contribution in [0.3, 0.4) is 0 Å². The van der Waals surface area contributed by atoms with E-state index >= 15 is 0 Å². The van der Waals surface area contributed by atoms with Gasteiger partial charge in [0.25, 0.3) is 0 Å². The maximum atomic E-state index is 11.8. The summed E-state index contributed by atoms with van der Waals surface area (Å²) in [7, 11) is -0.884. The second-order valence-electron chi connectivity index (χ2n) is 7.39. The molecule has 1 saturated carbocycles. The standard InChI is InChI=1S/C15H28O5Si/c1-10-11(16)8-15(18,13(17)19-5)9-12(10)20-21(6,7)14(2,3)4/h11-12,16,18H,1,8-9H2,2-7H3/t11-,12-,15?/m1/s1. The van der Waals surface area contributed by atoms with Crippen LogP contribution in [-0.4, -0.2) is 49.4 Å². The molecule has 0 aromatic heterocycles. The van der Waals surface area contributed by atoms with Gasteiger partial charge in [-0.25, -0.2) is 4.79 Å². The van der Waals surface area contributed by atoms with Gasteiger partial charge in [-0.2, -0.15) is 0 Å². The average molecular weight is 316 g/mol. The number of ether oxygens (including phenoxy) is 1. The molecule has 0 saturated heterocycles. The highest BCUT2D eigenvalue weighted by Gasteiger charge is 2.50. The number of aliphatic hydroxyl groups is 2. The van der Waals surface area contributed by atoms with Crippen LogP contribution < -0.4 is 0 Å². The summed E-state index contributed by atoms with van der Waals surface area (Å²) in [4.78, 5) is 11.8. The van der Waals surface area contributed by atoms with E-state index in [-0.39, 0.29) is 17.9 Å². The van der Waals surface area contributed by atoms with Crippen LogP contribution in [0.4, 0.5) is 0 Å². The molecule has 0 aromatic carbocycles. The molecule has 0 amide bonds. The molecule has 0 heterocycles. The van der Waals surface area contributed by atoms with Crippen molar-refractivity contribution in [2.24, 2.45) is 0 Å². The van der Waals surface area contributed by atoms with Crippen molar-refractivity contribution in [3.63, 3.8) is 0 Å². The van der Waals surface area contributed by atoms with Gasteiger partial charge in [0, 0.05) is 12.8 Å². The van der Waals surface area contributed by atoms with E-state index in [1.807, 2.05) is 0 Å². The number of rotatable bonds is 3. The first-order valence-corrected chi connectivity index (χ1v) is 10.1. The van der Waals surface area contributed by atoms with Gasteiger partial charge >= 0.3 is 5.97 Å². The van der Waals surface area contributed by atoms with Crippen LogP contribution in [-0.2, 0) is 14.0 Å². The van der Waals surface area contributed by atoms with Crippen LogP contribution in [0.2, 0.25) is 18.1 Å². The zero-order valence-electron chi connectivity index (χ0n) is 13.9. The highest BCUT2D eigenvalue weighted by Crippen LogP contribution is 2.41. The third-order valence-corrected chi connectivity index (χ3v) is 9.19. The summed E-state index contributed by atoms with van der Waals surface area (Å²) < 4.78 is 10.9. The number of hydrogen-bond donors (Lipinski definition) is 2. The Bertz CT molecular complexity index is 426. The Labute approximate surface area is 128 Å². The van der Waals surface area contributed by atoms with Crippen LogP contribution in [0.1, 0.15) is 33.6 Å². The highest BCUT2D eigenvalue weighted by molar-refractivity contribution is 6.74. The lowest BCUT2D eigenvalue weighted by molar-refractivity contribution is -0.171. The molecule has 122 valence electrons. The Balaban J connectivity index is 3.00. The molecule has 5 nitrogen and oxygen atoms in total. The molecule has 0 spiro atoms. The maximum absolute atomic E-state index is 11.8. The molecule has 1 rings (SSSR count). The number of hydrogen-bond acceptors (Lipinski definition) is 5. The summed E-state index contributed by atoms with van der Waals surface area (Å²) in [5.74, 6) is -0.738. The van der Waals surface area contributed by atoms with E-state index in [0.717, 1.165) is 0 Å². The fraction of sp³-hybridized carbons (Fsp3) is 0.800. The zero-order chi connectivity index (χ0) is 16.6. The van der Waals surface area contributed by atoms with E-state index in [9.17, 15) is 15.0 Å². The summed E-state index contributed by atoms with van der Waals surface area (Å²) in [6.45, 7) is 14.4. The van der Waals surface area contributed by atoms with Crippen LogP contribution in [0.15, 0.2) is 12.2 Å². The lowest BCUT2D eigenvalue weighted by Crippen LogP contribution is -2.54. The van der Waals surface area contributed by atoms with Crippen molar-refractivity contribution >= 4 is 14.3 Å². The van der Waals surface area contributed by atoms with Gasteiger partial charge in [-0.15, -0.1) is 0 Å². The SMILES string of the molecule is C=C1[C@H](O)CC(O)(C(=O)OC)C[C@H]1O[Si](C)(C)C(C)(C)C. The second-order valence-corrected chi connectivity index (χ2v) is 12.1. The molecule has 1 aliphatic carbocycles. The van der Waals surface area contributed by atoms with Gasteiger partial charge in [-0.3, -0.25) is 0 Å². The van der Waals surface area contributed by atoms with Crippen LogP contribution in [0, 0.1) is 0 Å². The van der Waals surface area contributed by atoms with E-state index in [1.54, 1.807) is 0 Å². The van der Waals surface area contributed by atoms with Gasteiger partial charge in [-0.05, 0) is 23.7 Å². The van der Waals surface area contributed by atoms with Crippen molar-refractivity contribution in [1.29, 1.82) is 0 Å². The molecule has 21 heavy (non-hydrogen) atoms. The molecule has 1 fully saturated rings. The first kappa shape index (κ1) is 18.4. The van der Waals surface area contributed by atoms with Crippen LogP contribution >= 0.6 is 0 Å². The number of carbonyl (C=O) groups excluding carboxylic acids is 1. The zero-order valence-corrected chi connectivity index (χ0v) is 14.9. The molecule has 0 aliphatic heterocycles. The van der Waals surface area contributed by atoms with Crippen molar-refractivity contribution in [3.05, 3.63) is 12.2 Å². The van der Waals surface area contributed by atoms with E-state index in [0.29, 0.717) is 5.57 Å². The Kier molecular flexibility index (Phi) is 5.10. The highest BCUT2D eigenvalue weighted by atomic mass is 28.4. The van der Waals surface area contributed by atoms with Gasteiger partial charge in [0.15, 0.2) is 13.9 Å². The van der Waals surface area contributed by atoms with Gasteiger partial charge in [0.2, 0.25) is 0 Å². The lowest BCUT2D eigenvalue weighted by Gasteiger charge is -2.45. The van der Waals surface area contributed by atoms with Crippen molar-refractivity contribution in [2.45, 2.75) is 69.6 Å².